The van der Waals surface area contributed by atoms with Crippen LogP contribution >= 0.6 is 11.6 Å². The number of fused-ring (bicyclic) bond motifs is 2. The predicted octanol–water partition coefficient (Wildman–Crippen LogP) is 4.82. The van der Waals surface area contributed by atoms with Crippen LogP contribution in [0.2, 0.25) is 5.02 Å². The zero-order chi connectivity index (χ0) is 27.8. The summed E-state index contributed by atoms with van der Waals surface area (Å²) in [5.41, 5.74) is -1.86. The number of nitrogens with one attached hydrogen (secondary N) is 1. The van der Waals surface area contributed by atoms with Crippen LogP contribution in [0.5, 0.6) is 0 Å². The molecular formula is C26H25ClF3NO6S. The fraction of sp³-hybridized carbons (Fsp3) is 0.385. The molecule has 12 heteroatoms. The minimum absolute atomic E-state index is 0.108. The first-order chi connectivity index (χ1) is 17.8. The molecule has 2 fully saturated rings. The van der Waals surface area contributed by atoms with Gasteiger partial charge in [0.25, 0.3) is 5.91 Å². The Bertz CT molecular complexity index is 1380. The van der Waals surface area contributed by atoms with Gasteiger partial charge >= 0.3 is 5.97 Å². The van der Waals surface area contributed by atoms with Gasteiger partial charge in [-0.2, -0.15) is 0 Å². The summed E-state index contributed by atoms with van der Waals surface area (Å²) in [6.07, 6.45) is 3.83. The predicted molar refractivity (Wildman–Crippen MR) is 133 cm³/mol. The standard InChI is InChI=1S/C26H25ClF3NO6S/c1-2-37-22(32)7-8-26(34)12-15-3-4-16(13-26)24(15)38(35,36)21-9-14(5-6-18(21)27)25(33)31-17-10-19(28)23(30)20(29)11-17/h5-11,15-16,24,34H,2-4,12-13H2,1H3,(H,31,33)/b8-7+/t15-,16?,24?,26?/m0/s1. The Morgan fingerprint density at radius 2 is 1.74 bits per heavy atom. The lowest BCUT2D eigenvalue weighted by Crippen LogP contribution is -2.45. The molecule has 3 unspecified atom stereocenters. The third-order valence-electron chi connectivity index (χ3n) is 6.98. The molecule has 0 radical (unpaired) electrons. The van der Waals surface area contributed by atoms with Crippen LogP contribution in [0.1, 0.15) is 43.0 Å². The van der Waals surface area contributed by atoms with Crippen LogP contribution in [0.4, 0.5) is 18.9 Å². The van der Waals surface area contributed by atoms with E-state index in [4.69, 9.17) is 16.3 Å². The molecule has 2 aromatic rings. The van der Waals surface area contributed by atoms with Gasteiger partial charge in [-0.3, -0.25) is 4.79 Å². The first-order valence-electron chi connectivity index (χ1n) is 11.9. The van der Waals surface area contributed by atoms with Gasteiger partial charge in [-0.05, 0) is 68.7 Å². The molecule has 0 aliphatic heterocycles. The van der Waals surface area contributed by atoms with E-state index < -0.39 is 61.9 Å². The van der Waals surface area contributed by atoms with Gasteiger partial charge in [0.2, 0.25) is 0 Å². The number of carbonyl (C=O) groups is 2. The Balaban J connectivity index is 1.57. The lowest BCUT2D eigenvalue weighted by atomic mass is 9.77. The Hall–Kier alpha value is -2.89. The van der Waals surface area contributed by atoms with Gasteiger partial charge in [-0.25, -0.2) is 26.4 Å². The number of sulfone groups is 1. The zero-order valence-corrected chi connectivity index (χ0v) is 21.8. The van der Waals surface area contributed by atoms with Gasteiger partial charge in [-0.15, -0.1) is 0 Å². The van der Waals surface area contributed by atoms with Gasteiger partial charge in [0.1, 0.15) is 0 Å². The molecule has 2 saturated carbocycles. The number of carbonyl (C=O) groups excluding carboxylic acids is 2. The van der Waals surface area contributed by atoms with E-state index in [2.05, 4.69) is 5.32 Å². The van der Waals surface area contributed by atoms with E-state index in [1.807, 2.05) is 0 Å². The molecule has 0 aromatic heterocycles. The molecule has 2 aliphatic carbocycles. The largest absolute Gasteiger partial charge is 0.463 e. The monoisotopic (exact) mass is 571 g/mol. The van der Waals surface area contributed by atoms with Gasteiger partial charge in [0.15, 0.2) is 27.3 Å². The van der Waals surface area contributed by atoms with E-state index in [0.29, 0.717) is 25.0 Å². The third-order valence-corrected chi connectivity index (χ3v) is 9.86. The van der Waals surface area contributed by atoms with E-state index in [0.717, 1.165) is 12.1 Å². The number of hydrogen-bond acceptors (Lipinski definition) is 6. The second kappa shape index (κ2) is 10.7. The molecule has 1 amide bonds. The van der Waals surface area contributed by atoms with Gasteiger partial charge in [0.05, 0.1) is 27.4 Å². The molecule has 38 heavy (non-hydrogen) atoms. The van der Waals surface area contributed by atoms with Gasteiger partial charge < -0.3 is 15.2 Å². The molecule has 2 N–H and O–H groups in total. The zero-order valence-electron chi connectivity index (χ0n) is 20.2. The van der Waals surface area contributed by atoms with Crippen molar-refractivity contribution < 1.29 is 41.0 Å². The van der Waals surface area contributed by atoms with E-state index in [1.54, 1.807) is 6.92 Å². The number of halogens is 4. The first-order valence-corrected chi connectivity index (χ1v) is 13.8. The minimum atomic E-state index is -4.07. The second-order valence-electron chi connectivity index (χ2n) is 9.56. The first kappa shape index (κ1) is 28.1. The summed E-state index contributed by atoms with van der Waals surface area (Å²) in [6, 6.07) is 4.77. The van der Waals surface area contributed by atoms with Crippen molar-refractivity contribution in [1.29, 1.82) is 0 Å². The van der Waals surface area contributed by atoms with Crippen LogP contribution in [-0.2, 0) is 19.4 Å². The number of rotatable bonds is 7. The highest BCUT2D eigenvalue weighted by molar-refractivity contribution is 7.92. The highest BCUT2D eigenvalue weighted by Crippen LogP contribution is 2.51. The Labute approximate surface area is 222 Å². The Morgan fingerprint density at radius 3 is 2.32 bits per heavy atom. The number of esters is 1. The van der Waals surface area contributed by atoms with E-state index >= 15 is 0 Å². The molecule has 0 spiro atoms. The molecule has 4 atom stereocenters. The van der Waals surface area contributed by atoms with Crippen LogP contribution in [0.15, 0.2) is 47.4 Å². The fourth-order valence-corrected chi connectivity index (χ4v) is 8.31. The smallest absolute Gasteiger partial charge is 0.330 e. The van der Waals surface area contributed by atoms with Crippen molar-refractivity contribution in [2.75, 3.05) is 11.9 Å². The minimum Gasteiger partial charge on any atom is -0.463 e. The maximum Gasteiger partial charge on any atom is 0.330 e. The number of anilines is 1. The Morgan fingerprint density at radius 1 is 1.13 bits per heavy atom. The molecule has 0 heterocycles. The average Bonchev–Trinajstić information content (AvgIpc) is 3.15. The lowest BCUT2D eigenvalue weighted by molar-refractivity contribution is -0.137. The highest BCUT2D eigenvalue weighted by Gasteiger charge is 2.53. The average molecular weight is 572 g/mol. The number of benzene rings is 2. The molecular weight excluding hydrogens is 547 g/mol. The molecule has 204 valence electrons. The van der Waals surface area contributed by atoms with E-state index in [9.17, 15) is 36.3 Å². The van der Waals surface area contributed by atoms with Crippen molar-refractivity contribution in [3.05, 3.63) is 70.5 Å². The SMILES string of the molecule is CCOC(=O)/C=C/C1(O)CC2CC[C@@H](C1)C2S(=O)(=O)c1cc(C(=O)Nc2cc(F)c(F)c(F)c2)ccc1Cl. The summed E-state index contributed by atoms with van der Waals surface area (Å²) in [5, 5.41) is 12.3. The van der Waals surface area contributed by atoms with Crippen LogP contribution in [0, 0.1) is 29.3 Å². The molecule has 2 aromatic carbocycles. The molecule has 7 nitrogen and oxygen atoms in total. The molecule has 0 saturated heterocycles. The second-order valence-corrected chi connectivity index (χ2v) is 12.0. The summed E-state index contributed by atoms with van der Waals surface area (Å²) in [6.45, 7) is 1.84. The maximum atomic E-state index is 13.8. The van der Waals surface area contributed by atoms with Gasteiger partial charge in [0, 0.05) is 29.5 Å². The fourth-order valence-electron chi connectivity index (χ4n) is 5.47. The lowest BCUT2D eigenvalue weighted by Gasteiger charge is -2.39. The van der Waals surface area contributed by atoms with Gasteiger partial charge in [-0.1, -0.05) is 11.6 Å². The number of aliphatic hydroxyl groups is 1. The Kier molecular flexibility index (Phi) is 7.92. The van der Waals surface area contributed by atoms with E-state index in [-0.39, 0.29) is 40.6 Å². The van der Waals surface area contributed by atoms with Crippen molar-refractivity contribution in [1.82, 2.24) is 0 Å². The summed E-state index contributed by atoms with van der Waals surface area (Å²) >= 11 is 6.25. The summed E-state index contributed by atoms with van der Waals surface area (Å²) in [5.74, 6) is -7.00. The maximum absolute atomic E-state index is 13.8. The van der Waals surface area contributed by atoms with Crippen molar-refractivity contribution in [2.24, 2.45) is 11.8 Å². The number of hydrogen-bond donors (Lipinski definition) is 2. The van der Waals surface area contributed by atoms with Crippen LogP contribution in [0.3, 0.4) is 0 Å². The third kappa shape index (κ3) is 5.60. The van der Waals surface area contributed by atoms with Crippen molar-refractivity contribution >= 4 is 39.0 Å². The van der Waals surface area contributed by atoms with Crippen LogP contribution < -0.4 is 5.32 Å². The van der Waals surface area contributed by atoms with Crippen molar-refractivity contribution in [2.45, 2.75) is 48.4 Å². The quantitative estimate of drug-likeness (QED) is 0.280. The number of ether oxygens (including phenoxy) is 1. The summed E-state index contributed by atoms with van der Waals surface area (Å²) in [7, 11) is -4.07. The highest BCUT2D eigenvalue weighted by atomic mass is 35.5. The summed E-state index contributed by atoms with van der Waals surface area (Å²) in [4.78, 5) is 24.1. The van der Waals surface area contributed by atoms with Crippen LogP contribution in [-0.4, -0.2) is 42.9 Å². The van der Waals surface area contributed by atoms with E-state index in [1.165, 1.54) is 18.2 Å². The molecule has 4 rings (SSSR count). The molecule has 2 bridgehead atoms. The van der Waals surface area contributed by atoms with Crippen molar-refractivity contribution in [3.63, 3.8) is 0 Å². The van der Waals surface area contributed by atoms with Crippen molar-refractivity contribution in [3.8, 4) is 0 Å². The topological polar surface area (TPSA) is 110 Å². The van der Waals surface area contributed by atoms with Crippen LogP contribution in [0.25, 0.3) is 0 Å². The molecule has 2 aliphatic rings. The normalized spacial score (nSPS) is 24.9. The number of amides is 1. The summed E-state index contributed by atoms with van der Waals surface area (Å²) < 4.78 is 72.6.